The molecule has 3 amide bonds. The Morgan fingerprint density at radius 3 is 2.56 bits per heavy atom. The van der Waals surface area contributed by atoms with Crippen LogP contribution in [-0.4, -0.2) is 61.4 Å². The summed E-state index contributed by atoms with van der Waals surface area (Å²) in [4.78, 5) is 41.8. The van der Waals surface area contributed by atoms with Gasteiger partial charge in [0.25, 0.3) is 11.1 Å². The highest BCUT2D eigenvalue weighted by molar-refractivity contribution is 9.10. The van der Waals surface area contributed by atoms with Crippen molar-refractivity contribution in [3.8, 4) is 11.5 Å². The molecular formula is C31H29BrFN3O6S. The summed E-state index contributed by atoms with van der Waals surface area (Å²) < 4.78 is 31.6. The molecule has 224 valence electrons. The number of ether oxygens (including phenoxy) is 3. The summed E-state index contributed by atoms with van der Waals surface area (Å²) in [5.74, 6) is -0.663. The first-order valence-corrected chi connectivity index (χ1v) is 15.2. The number of imide groups is 1. The van der Waals surface area contributed by atoms with Gasteiger partial charge >= 0.3 is 0 Å². The molecular weight excluding hydrogens is 641 g/mol. The van der Waals surface area contributed by atoms with Crippen LogP contribution in [0.25, 0.3) is 6.08 Å². The Morgan fingerprint density at radius 1 is 1.09 bits per heavy atom. The summed E-state index contributed by atoms with van der Waals surface area (Å²) in [6, 6.07) is 17.1. The molecule has 3 aromatic rings. The lowest BCUT2D eigenvalue weighted by Gasteiger charge is -2.28. The highest BCUT2D eigenvalue weighted by Gasteiger charge is 2.36. The molecule has 1 N–H and O–H groups in total. The number of thioether (sulfide) groups is 1. The lowest BCUT2D eigenvalue weighted by atomic mass is 10.1. The topological polar surface area (TPSA) is 97.4 Å². The molecule has 43 heavy (non-hydrogen) atoms. The largest absolute Gasteiger partial charge is 0.490 e. The number of nitrogens with one attached hydrogen (secondary N) is 1. The monoisotopic (exact) mass is 669 g/mol. The number of hydrogen-bond acceptors (Lipinski definition) is 8. The van der Waals surface area contributed by atoms with E-state index < -0.39 is 23.6 Å². The summed E-state index contributed by atoms with van der Waals surface area (Å²) in [6.45, 7) is 4.68. The van der Waals surface area contributed by atoms with Crippen LogP contribution in [0.3, 0.4) is 0 Å². The molecule has 2 fully saturated rings. The standard InChI is InChI=1S/C31H29BrFN3O6S/c1-2-41-26-16-20(15-24(32)29(26)42-19-21-5-3-4-6-25(21)33)17-27-30(38)36(31(39)43-27)18-28(37)34-22-7-9-23(10-8-22)35-11-13-40-14-12-35/h3-10,15-17H,2,11-14,18-19H2,1H3,(H,34,37)/b27-17-. The fourth-order valence-corrected chi connectivity index (χ4v) is 5.96. The molecule has 5 rings (SSSR count). The molecule has 0 unspecified atom stereocenters. The minimum Gasteiger partial charge on any atom is -0.490 e. The zero-order valence-corrected chi connectivity index (χ0v) is 25.7. The summed E-state index contributed by atoms with van der Waals surface area (Å²) in [7, 11) is 0. The lowest BCUT2D eigenvalue weighted by Crippen LogP contribution is -2.36. The predicted octanol–water partition coefficient (Wildman–Crippen LogP) is 6.08. The maximum Gasteiger partial charge on any atom is 0.294 e. The number of carbonyl (C=O) groups excluding carboxylic acids is 3. The highest BCUT2D eigenvalue weighted by Crippen LogP contribution is 2.40. The molecule has 0 saturated carbocycles. The number of hydrogen-bond donors (Lipinski definition) is 1. The molecule has 2 saturated heterocycles. The van der Waals surface area contributed by atoms with E-state index in [2.05, 4.69) is 26.1 Å². The van der Waals surface area contributed by atoms with Gasteiger partial charge in [-0.15, -0.1) is 0 Å². The first-order chi connectivity index (χ1) is 20.8. The quantitative estimate of drug-likeness (QED) is 0.260. The van der Waals surface area contributed by atoms with Gasteiger partial charge in [0.2, 0.25) is 5.91 Å². The smallest absolute Gasteiger partial charge is 0.294 e. The minimum atomic E-state index is -0.568. The zero-order valence-electron chi connectivity index (χ0n) is 23.3. The van der Waals surface area contributed by atoms with Crippen LogP contribution in [0.1, 0.15) is 18.1 Å². The molecule has 0 aliphatic carbocycles. The number of anilines is 2. The molecule has 0 atom stereocenters. The number of nitrogens with zero attached hydrogens (tertiary/aromatic N) is 2. The first kappa shape index (κ1) is 30.6. The normalized spacial score (nSPS) is 16.1. The van der Waals surface area contributed by atoms with Crippen molar-refractivity contribution in [1.29, 1.82) is 0 Å². The Bertz CT molecular complexity index is 1540. The van der Waals surface area contributed by atoms with E-state index in [9.17, 15) is 18.8 Å². The second kappa shape index (κ2) is 14.1. The van der Waals surface area contributed by atoms with E-state index in [0.29, 0.717) is 52.6 Å². The summed E-state index contributed by atoms with van der Waals surface area (Å²) in [6.07, 6.45) is 1.56. The Hall–Kier alpha value is -3.87. The van der Waals surface area contributed by atoms with Crippen molar-refractivity contribution >= 4 is 62.2 Å². The van der Waals surface area contributed by atoms with E-state index in [1.807, 2.05) is 19.1 Å². The van der Waals surface area contributed by atoms with Crippen LogP contribution in [0.2, 0.25) is 0 Å². The van der Waals surface area contributed by atoms with Crippen LogP contribution >= 0.6 is 27.7 Å². The molecule has 2 aliphatic heterocycles. The van der Waals surface area contributed by atoms with E-state index >= 15 is 0 Å². The van der Waals surface area contributed by atoms with Gasteiger partial charge in [-0.2, -0.15) is 0 Å². The van der Waals surface area contributed by atoms with Gasteiger partial charge in [0.1, 0.15) is 19.0 Å². The SMILES string of the molecule is CCOc1cc(/C=C2\SC(=O)N(CC(=O)Nc3ccc(N4CCOCC4)cc3)C2=O)cc(Br)c1OCc1ccccc1F. The minimum absolute atomic E-state index is 0.0103. The molecule has 2 aliphatic rings. The highest BCUT2D eigenvalue weighted by atomic mass is 79.9. The summed E-state index contributed by atoms with van der Waals surface area (Å²) in [5.41, 5.74) is 2.56. The molecule has 9 nitrogen and oxygen atoms in total. The van der Waals surface area contributed by atoms with Crippen molar-refractivity contribution in [2.24, 2.45) is 0 Å². The van der Waals surface area contributed by atoms with Gasteiger partial charge in [0.15, 0.2) is 11.5 Å². The lowest BCUT2D eigenvalue weighted by molar-refractivity contribution is -0.127. The van der Waals surface area contributed by atoms with E-state index in [1.165, 1.54) is 6.07 Å². The van der Waals surface area contributed by atoms with Gasteiger partial charge in [-0.05, 0) is 88.7 Å². The van der Waals surface area contributed by atoms with Gasteiger partial charge in [-0.3, -0.25) is 19.3 Å². The van der Waals surface area contributed by atoms with Crippen molar-refractivity contribution in [2.75, 3.05) is 49.7 Å². The van der Waals surface area contributed by atoms with Crippen LogP contribution in [0.4, 0.5) is 20.6 Å². The average molecular weight is 671 g/mol. The first-order valence-electron chi connectivity index (χ1n) is 13.6. The van der Waals surface area contributed by atoms with E-state index in [1.54, 1.807) is 48.5 Å². The fourth-order valence-electron chi connectivity index (χ4n) is 4.55. The summed E-state index contributed by atoms with van der Waals surface area (Å²) >= 11 is 4.24. The summed E-state index contributed by atoms with van der Waals surface area (Å²) in [5, 5.41) is 2.21. The van der Waals surface area contributed by atoms with Crippen molar-refractivity contribution in [2.45, 2.75) is 13.5 Å². The van der Waals surface area contributed by atoms with E-state index in [4.69, 9.17) is 14.2 Å². The van der Waals surface area contributed by atoms with E-state index in [-0.39, 0.29) is 17.3 Å². The number of rotatable bonds is 10. The van der Waals surface area contributed by atoms with Gasteiger partial charge in [-0.1, -0.05) is 18.2 Å². The molecule has 0 bridgehead atoms. The van der Waals surface area contributed by atoms with Crippen LogP contribution in [0, 0.1) is 5.82 Å². The Labute approximate surface area is 261 Å². The third-order valence-electron chi connectivity index (χ3n) is 6.66. The van der Waals surface area contributed by atoms with Crippen LogP contribution in [0.5, 0.6) is 11.5 Å². The van der Waals surface area contributed by atoms with Crippen LogP contribution in [0.15, 0.2) is 70.0 Å². The van der Waals surface area contributed by atoms with Gasteiger partial charge < -0.3 is 24.4 Å². The fraction of sp³-hybridized carbons (Fsp3) is 0.258. The zero-order chi connectivity index (χ0) is 30.3. The van der Waals surface area contributed by atoms with Gasteiger partial charge in [0, 0.05) is 30.0 Å². The number of morpholine rings is 1. The predicted molar refractivity (Wildman–Crippen MR) is 167 cm³/mol. The number of amides is 3. The average Bonchev–Trinajstić information content (AvgIpc) is 3.25. The second-order valence-corrected chi connectivity index (χ2v) is 11.5. The van der Waals surface area contributed by atoms with Gasteiger partial charge in [-0.25, -0.2) is 4.39 Å². The Balaban J connectivity index is 1.24. The van der Waals surface area contributed by atoms with Crippen molar-refractivity contribution in [1.82, 2.24) is 4.90 Å². The van der Waals surface area contributed by atoms with Crippen molar-refractivity contribution in [3.63, 3.8) is 0 Å². The van der Waals surface area contributed by atoms with E-state index in [0.717, 1.165) is 35.4 Å². The molecule has 0 spiro atoms. The Morgan fingerprint density at radius 2 is 1.84 bits per heavy atom. The molecule has 12 heteroatoms. The third-order valence-corrected chi connectivity index (χ3v) is 8.16. The third kappa shape index (κ3) is 7.56. The molecule has 0 aromatic heterocycles. The molecule has 3 aromatic carbocycles. The number of carbonyl (C=O) groups is 3. The number of halogens is 2. The number of benzene rings is 3. The van der Waals surface area contributed by atoms with Crippen molar-refractivity contribution < 1.29 is 33.0 Å². The maximum atomic E-state index is 14.1. The van der Waals surface area contributed by atoms with Crippen LogP contribution < -0.4 is 19.7 Å². The van der Waals surface area contributed by atoms with Crippen LogP contribution in [-0.2, 0) is 20.9 Å². The second-order valence-electron chi connectivity index (χ2n) is 9.61. The van der Waals surface area contributed by atoms with Crippen molar-refractivity contribution in [3.05, 3.63) is 87.0 Å². The maximum absolute atomic E-state index is 14.1. The molecule has 2 heterocycles. The molecule has 0 radical (unpaired) electrons. The van der Waals surface area contributed by atoms with Gasteiger partial charge in [0.05, 0.1) is 29.2 Å². The Kier molecular flexibility index (Phi) is 10.0.